The van der Waals surface area contributed by atoms with Crippen molar-refractivity contribution in [2.45, 2.75) is 32.6 Å². The summed E-state index contributed by atoms with van der Waals surface area (Å²) in [5, 5.41) is 0. The highest BCUT2D eigenvalue weighted by molar-refractivity contribution is 9.10. The molecule has 0 spiro atoms. The molecular formula is C20H23BrN4O2. The Hall–Kier alpha value is -1.96. The van der Waals surface area contributed by atoms with Crippen LogP contribution in [0.25, 0.3) is 16.9 Å². The second-order valence-corrected chi connectivity index (χ2v) is 8.03. The predicted octanol–water partition coefficient (Wildman–Crippen LogP) is 3.06. The van der Waals surface area contributed by atoms with E-state index in [2.05, 4.69) is 39.7 Å². The van der Waals surface area contributed by atoms with E-state index in [-0.39, 0.29) is 17.9 Å². The lowest BCUT2D eigenvalue weighted by molar-refractivity contribution is -0.0685. The fraction of sp³-hybridized carbons (Fsp3) is 0.400. The number of halogens is 1. The predicted molar refractivity (Wildman–Crippen MR) is 109 cm³/mol. The maximum absolute atomic E-state index is 13.2. The Kier molecular flexibility index (Phi) is 5.16. The molecule has 6 nitrogen and oxygen atoms in total. The van der Waals surface area contributed by atoms with Crippen molar-refractivity contribution in [3.05, 3.63) is 57.6 Å². The van der Waals surface area contributed by atoms with Crippen LogP contribution in [0.5, 0.6) is 0 Å². The number of pyridine rings is 1. The van der Waals surface area contributed by atoms with E-state index in [0.29, 0.717) is 12.2 Å². The summed E-state index contributed by atoms with van der Waals surface area (Å²) in [6.07, 6.45) is 2.16. The Morgan fingerprint density at radius 2 is 1.85 bits per heavy atom. The van der Waals surface area contributed by atoms with Crippen LogP contribution in [0.2, 0.25) is 0 Å². The van der Waals surface area contributed by atoms with Crippen molar-refractivity contribution in [3.63, 3.8) is 0 Å². The first-order valence-corrected chi connectivity index (χ1v) is 10.0. The number of aromatic nitrogens is 3. The summed E-state index contributed by atoms with van der Waals surface area (Å²) in [5.74, 6) is 0. The van der Waals surface area contributed by atoms with Crippen molar-refractivity contribution in [1.29, 1.82) is 0 Å². The van der Waals surface area contributed by atoms with Gasteiger partial charge in [-0.1, -0.05) is 18.2 Å². The molecule has 2 atom stereocenters. The van der Waals surface area contributed by atoms with Gasteiger partial charge in [0.15, 0.2) is 5.65 Å². The van der Waals surface area contributed by atoms with Gasteiger partial charge in [-0.15, -0.1) is 0 Å². The number of benzene rings is 1. The highest BCUT2D eigenvalue weighted by Crippen LogP contribution is 2.20. The molecule has 0 N–H and O–H groups in total. The topological polar surface area (TPSA) is 52.3 Å². The van der Waals surface area contributed by atoms with Crippen molar-refractivity contribution >= 4 is 27.1 Å². The number of nitrogens with zero attached hydrogens (tertiary/aromatic N) is 4. The van der Waals surface area contributed by atoms with Crippen molar-refractivity contribution in [2.24, 2.45) is 0 Å². The molecule has 0 aliphatic carbocycles. The van der Waals surface area contributed by atoms with E-state index in [9.17, 15) is 4.79 Å². The van der Waals surface area contributed by atoms with Gasteiger partial charge in [-0.3, -0.25) is 9.47 Å². The number of imidazole rings is 1. The molecule has 7 heteroatoms. The molecular weight excluding hydrogens is 408 g/mol. The zero-order valence-electron chi connectivity index (χ0n) is 15.5. The maximum atomic E-state index is 13.2. The molecule has 3 aromatic rings. The highest BCUT2D eigenvalue weighted by Gasteiger charge is 2.23. The van der Waals surface area contributed by atoms with Crippen LogP contribution in [0.3, 0.4) is 0 Å². The second kappa shape index (κ2) is 7.58. The molecule has 0 saturated carbocycles. The first-order valence-electron chi connectivity index (χ1n) is 9.23. The second-order valence-electron chi connectivity index (χ2n) is 7.12. The molecule has 1 aromatic carbocycles. The number of ether oxygens (including phenoxy) is 1. The fourth-order valence-corrected chi connectivity index (χ4v) is 4.16. The summed E-state index contributed by atoms with van der Waals surface area (Å²) in [6, 6.07) is 11.6. The van der Waals surface area contributed by atoms with Gasteiger partial charge in [-0.05, 0) is 48.0 Å². The van der Waals surface area contributed by atoms with E-state index < -0.39 is 0 Å². The summed E-state index contributed by atoms with van der Waals surface area (Å²) < 4.78 is 10.2. The number of rotatable bonds is 4. The van der Waals surface area contributed by atoms with Crippen molar-refractivity contribution in [3.8, 4) is 5.69 Å². The Morgan fingerprint density at radius 3 is 2.56 bits per heavy atom. The largest absolute Gasteiger partial charge is 0.373 e. The van der Waals surface area contributed by atoms with Gasteiger partial charge in [0.1, 0.15) is 0 Å². The smallest absolute Gasteiger partial charge is 0.335 e. The van der Waals surface area contributed by atoms with E-state index in [1.807, 2.05) is 41.0 Å². The van der Waals surface area contributed by atoms with Gasteiger partial charge in [-0.25, -0.2) is 14.3 Å². The molecule has 0 radical (unpaired) electrons. The molecule has 27 heavy (non-hydrogen) atoms. The van der Waals surface area contributed by atoms with Crippen molar-refractivity contribution < 1.29 is 4.74 Å². The van der Waals surface area contributed by atoms with Crippen LogP contribution >= 0.6 is 15.9 Å². The minimum absolute atomic E-state index is 0.0591. The summed E-state index contributed by atoms with van der Waals surface area (Å²) >= 11 is 3.49. The van der Waals surface area contributed by atoms with Crippen LogP contribution in [-0.4, -0.2) is 50.9 Å². The van der Waals surface area contributed by atoms with Crippen molar-refractivity contribution in [1.82, 2.24) is 19.0 Å². The molecule has 142 valence electrons. The number of hydrogen-bond acceptors (Lipinski definition) is 4. The monoisotopic (exact) mass is 430 g/mol. The quantitative estimate of drug-likeness (QED) is 0.638. The molecule has 1 aliphatic rings. The molecule has 1 saturated heterocycles. The van der Waals surface area contributed by atoms with Crippen LogP contribution in [0.15, 0.2) is 51.9 Å². The normalized spacial score (nSPS) is 21.0. The SMILES string of the molecule is CC1CN(CCn2c(=O)n(-c3ccccc3)c3ncc(Br)cc32)CC(C)O1. The standard InChI is InChI=1S/C20H23BrN4O2/c1-14-12-23(13-15(2)27-14)8-9-24-18-10-16(21)11-22-19(18)25(20(24)26)17-6-4-3-5-7-17/h3-7,10-11,14-15H,8-9,12-13H2,1-2H3. The number of fused-ring (bicyclic) bond motifs is 1. The molecule has 0 bridgehead atoms. The Balaban J connectivity index is 1.71. The third kappa shape index (κ3) is 3.72. The lowest BCUT2D eigenvalue weighted by Gasteiger charge is -2.35. The van der Waals surface area contributed by atoms with E-state index in [1.165, 1.54) is 0 Å². The lowest BCUT2D eigenvalue weighted by atomic mass is 10.2. The summed E-state index contributed by atoms with van der Waals surface area (Å²) in [6.45, 7) is 7.39. The van der Waals surface area contributed by atoms with Crippen molar-refractivity contribution in [2.75, 3.05) is 19.6 Å². The van der Waals surface area contributed by atoms with Crippen LogP contribution in [-0.2, 0) is 11.3 Å². The van der Waals surface area contributed by atoms with Crippen LogP contribution < -0.4 is 5.69 Å². The highest BCUT2D eigenvalue weighted by atomic mass is 79.9. The van der Waals surface area contributed by atoms with Crippen LogP contribution in [0.4, 0.5) is 0 Å². The molecule has 1 aliphatic heterocycles. The van der Waals surface area contributed by atoms with Gasteiger partial charge >= 0.3 is 5.69 Å². The van der Waals surface area contributed by atoms with E-state index in [0.717, 1.165) is 35.3 Å². The first-order chi connectivity index (χ1) is 13.0. The third-order valence-electron chi connectivity index (χ3n) is 4.89. The summed E-state index contributed by atoms with van der Waals surface area (Å²) in [7, 11) is 0. The Labute approximate surface area is 166 Å². The fourth-order valence-electron chi connectivity index (χ4n) is 3.84. The van der Waals surface area contributed by atoms with Gasteiger partial charge in [0, 0.05) is 36.8 Å². The van der Waals surface area contributed by atoms with Gasteiger partial charge in [0.05, 0.1) is 23.4 Å². The number of hydrogen-bond donors (Lipinski definition) is 0. The summed E-state index contributed by atoms with van der Waals surface area (Å²) in [5.41, 5.74) is 2.29. The molecule has 2 aromatic heterocycles. The van der Waals surface area contributed by atoms with E-state index in [1.54, 1.807) is 10.8 Å². The molecule has 4 rings (SSSR count). The molecule has 0 amide bonds. The lowest BCUT2D eigenvalue weighted by Crippen LogP contribution is -2.46. The molecule has 3 heterocycles. The number of para-hydroxylation sites is 1. The molecule has 1 fully saturated rings. The van der Waals surface area contributed by atoms with Crippen LogP contribution in [0.1, 0.15) is 13.8 Å². The number of morpholine rings is 1. The average molecular weight is 431 g/mol. The minimum atomic E-state index is -0.0591. The van der Waals surface area contributed by atoms with Gasteiger partial charge in [0.2, 0.25) is 0 Å². The first kappa shape index (κ1) is 18.4. The van der Waals surface area contributed by atoms with E-state index in [4.69, 9.17) is 4.74 Å². The zero-order valence-corrected chi connectivity index (χ0v) is 17.1. The van der Waals surface area contributed by atoms with Gasteiger partial charge < -0.3 is 4.74 Å². The zero-order chi connectivity index (χ0) is 19.0. The van der Waals surface area contributed by atoms with E-state index >= 15 is 0 Å². The minimum Gasteiger partial charge on any atom is -0.373 e. The Bertz CT molecular complexity index is 988. The summed E-state index contributed by atoms with van der Waals surface area (Å²) in [4.78, 5) is 20.1. The average Bonchev–Trinajstić information content (AvgIpc) is 2.90. The maximum Gasteiger partial charge on any atom is 0.335 e. The van der Waals surface area contributed by atoms with Gasteiger partial charge in [-0.2, -0.15) is 0 Å². The molecule has 2 unspecified atom stereocenters. The van der Waals surface area contributed by atoms with Crippen LogP contribution in [0, 0.1) is 0 Å². The Morgan fingerprint density at radius 1 is 1.15 bits per heavy atom. The van der Waals surface area contributed by atoms with Gasteiger partial charge in [0.25, 0.3) is 0 Å². The third-order valence-corrected chi connectivity index (χ3v) is 5.32.